The van der Waals surface area contributed by atoms with Gasteiger partial charge >= 0.3 is 0 Å². The summed E-state index contributed by atoms with van der Waals surface area (Å²) in [6, 6.07) is 6.66. The molecular weight excluding hydrogens is 218 g/mol. The maximum atomic E-state index is 3.54. The Morgan fingerprint density at radius 1 is 1.17 bits per heavy atom. The third-order valence-corrected chi connectivity index (χ3v) is 3.81. The van der Waals surface area contributed by atoms with Gasteiger partial charge in [-0.1, -0.05) is 45.9 Å². The van der Waals surface area contributed by atoms with Gasteiger partial charge in [-0.05, 0) is 61.4 Å². The van der Waals surface area contributed by atoms with Crippen molar-refractivity contribution >= 4 is 0 Å². The van der Waals surface area contributed by atoms with Crippen molar-refractivity contribution in [3.63, 3.8) is 0 Å². The van der Waals surface area contributed by atoms with Crippen LogP contribution in [-0.2, 0) is 5.41 Å². The average molecular weight is 247 g/mol. The van der Waals surface area contributed by atoms with Gasteiger partial charge in [-0.25, -0.2) is 0 Å². The third-order valence-electron chi connectivity index (χ3n) is 3.81. The fraction of sp³-hybridized carbons (Fsp3) is 0.647. The van der Waals surface area contributed by atoms with E-state index in [9.17, 15) is 0 Å². The second kappa shape index (κ2) is 6.38. The maximum Gasteiger partial charge on any atom is -0.00258 e. The topological polar surface area (TPSA) is 12.0 Å². The first-order valence-corrected chi connectivity index (χ1v) is 7.12. The molecule has 18 heavy (non-hydrogen) atoms. The van der Waals surface area contributed by atoms with Crippen LogP contribution in [0, 0.1) is 19.8 Å². The zero-order chi connectivity index (χ0) is 13.8. The van der Waals surface area contributed by atoms with E-state index in [2.05, 4.69) is 65.1 Å². The summed E-state index contributed by atoms with van der Waals surface area (Å²) in [5.74, 6) is 0.730. The van der Waals surface area contributed by atoms with Crippen molar-refractivity contribution < 1.29 is 0 Å². The van der Waals surface area contributed by atoms with E-state index in [-0.39, 0.29) is 5.41 Å². The number of hydrogen-bond acceptors (Lipinski definition) is 1. The molecule has 1 rings (SSSR count). The summed E-state index contributed by atoms with van der Waals surface area (Å²) < 4.78 is 0. The molecule has 0 atom stereocenters. The van der Waals surface area contributed by atoms with Crippen LogP contribution in [0.3, 0.4) is 0 Å². The molecule has 0 aliphatic carbocycles. The lowest BCUT2D eigenvalue weighted by molar-refractivity contribution is 0.440. The highest BCUT2D eigenvalue weighted by Crippen LogP contribution is 2.30. The molecule has 1 heteroatoms. The van der Waals surface area contributed by atoms with Crippen LogP contribution in [0.15, 0.2) is 18.2 Å². The number of hydrogen-bond donors (Lipinski definition) is 1. The van der Waals surface area contributed by atoms with Crippen molar-refractivity contribution in [3.05, 3.63) is 34.9 Å². The van der Waals surface area contributed by atoms with Crippen LogP contribution in [0.4, 0.5) is 0 Å². The molecular formula is C17H29N. The summed E-state index contributed by atoms with van der Waals surface area (Å²) in [6.07, 6.45) is 1.18. The summed E-state index contributed by atoms with van der Waals surface area (Å²) >= 11 is 0. The molecule has 0 aliphatic heterocycles. The number of aryl methyl sites for hydroxylation is 1. The average Bonchev–Trinajstić information content (AvgIpc) is 2.28. The highest BCUT2D eigenvalue weighted by Gasteiger charge is 2.22. The van der Waals surface area contributed by atoms with Crippen LogP contribution in [0.1, 0.15) is 50.8 Å². The van der Waals surface area contributed by atoms with Crippen molar-refractivity contribution in [1.29, 1.82) is 0 Å². The molecule has 1 aromatic rings. The predicted molar refractivity (Wildman–Crippen MR) is 81.3 cm³/mol. The number of benzene rings is 1. The molecule has 1 N–H and O–H groups in total. The van der Waals surface area contributed by atoms with E-state index in [4.69, 9.17) is 0 Å². The normalized spacial score (nSPS) is 12.2. The molecule has 1 aromatic carbocycles. The Labute approximate surface area is 113 Å². The van der Waals surface area contributed by atoms with E-state index >= 15 is 0 Å². The molecule has 0 bridgehead atoms. The van der Waals surface area contributed by atoms with Crippen molar-refractivity contribution in [3.8, 4) is 0 Å². The Morgan fingerprint density at radius 3 is 2.44 bits per heavy atom. The Hall–Kier alpha value is -0.820. The minimum Gasteiger partial charge on any atom is -0.316 e. The molecule has 0 radical (unpaired) electrons. The summed E-state index contributed by atoms with van der Waals surface area (Å²) in [6.45, 7) is 15.9. The summed E-state index contributed by atoms with van der Waals surface area (Å²) in [4.78, 5) is 0. The predicted octanol–water partition coefficient (Wildman–Crippen LogP) is 4.22. The van der Waals surface area contributed by atoms with Crippen LogP contribution in [0.25, 0.3) is 0 Å². The molecule has 1 nitrogen and oxygen atoms in total. The Balaban J connectivity index is 2.65. The van der Waals surface area contributed by atoms with Gasteiger partial charge in [0.1, 0.15) is 0 Å². The first-order valence-electron chi connectivity index (χ1n) is 7.12. The summed E-state index contributed by atoms with van der Waals surface area (Å²) in [5, 5.41) is 3.54. The Bertz CT molecular complexity index is 377. The number of nitrogens with one attached hydrogen (secondary N) is 1. The minimum absolute atomic E-state index is 0.250. The van der Waals surface area contributed by atoms with E-state index in [1.807, 2.05) is 0 Å². The fourth-order valence-electron chi connectivity index (χ4n) is 2.41. The van der Waals surface area contributed by atoms with Crippen LogP contribution >= 0.6 is 0 Å². The second-order valence-electron chi connectivity index (χ2n) is 6.48. The van der Waals surface area contributed by atoms with E-state index in [0.717, 1.165) is 19.0 Å². The van der Waals surface area contributed by atoms with Gasteiger partial charge in [0.15, 0.2) is 0 Å². The van der Waals surface area contributed by atoms with Crippen LogP contribution in [-0.4, -0.2) is 13.1 Å². The molecule has 0 aliphatic rings. The zero-order valence-corrected chi connectivity index (χ0v) is 12.9. The van der Waals surface area contributed by atoms with Crippen molar-refractivity contribution in [1.82, 2.24) is 5.32 Å². The van der Waals surface area contributed by atoms with Gasteiger partial charge in [0.2, 0.25) is 0 Å². The third kappa shape index (κ3) is 4.13. The zero-order valence-electron chi connectivity index (χ0n) is 12.9. The Morgan fingerprint density at radius 2 is 1.83 bits per heavy atom. The van der Waals surface area contributed by atoms with E-state index in [0.29, 0.717) is 0 Å². The number of rotatable bonds is 6. The molecule has 0 fully saturated rings. The second-order valence-corrected chi connectivity index (χ2v) is 6.48. The standard InChI is InChI=1S/C17H29N/c1-13(2)12-18-11-10-17(5,6)16-9-7-8-14(3)15(16)4/h7-9,13,18H,10-12H2,1-6H3. The Kier molecular flexibility index (Phi) is 5.40. The first-order chi connectivity index (χ1) is 8.34. The van der Waals surface area contributed by atoms with Gasteiger partial charge in [0, 0.05) is 0 Å². The van der Waals surface area contributed by atoms with Crippen molar-refractivity contribution in [2.75, 3.05) is 13.1 Å². The maximum absolute atomic E-state index is 3.54. The van der Waals surface area contributed by atoms with E-state index in [1.54, 1.807) is 0 Å². The quantitative estimate of drug-likeness (QED) is 0.742. The minimum atomic E-state index is 0.250. The van der Waals surface area contributed by atoms with E-state index in [1.165, 1.54) is 23.1 Å². The van der Waals surface area contributed by atoms with Crippen molar-refractivity contribution in [2.45, 2.75) is 53.4 Å². The molecule has 0 saturated carbocycles. The van der Waals surface area contributed by atoms with Crippen LogP contribution in [0.2, 0.25) is 0 Å². The lowest BCUT2D eigenvalue weighted by Crippen LogP contribution is -2.28. The highest BCUT2D eigenvalue weighted by molar-refractivity contribution is 5.37. The fourth-order valence-corrected chi connectivity index (χ4v) is 2.41. The molecule has 0 aromatic heterocycles. The van der Waals surface area contributed by atoms with Crippen molar-refractivity contribution in [2.24, 2.45) is 5.92 Å². The monoisotopic (exact) mass is 247 g/mol. The van der Waals surface area contributed by atoms with Gasteiger partial charge < -0.3 is 5.32 Å². The molecule has 0 unspecified atom stereocenters. The van der Waals surface area contributed by atoms with Gasteiger partial charge in [0.05, 0.1) is 0 Å². The van der Waals surface area contributed by atoms with Gasteiger partial charge in [0.25, 0.3) is 0 Å². The first kappa shape index (κ1) is 15.2. The van der Waals surface area contributed by atoms with Gasteiger partial charge in [-0.15, -0.1) is 0 Å². The van der Waals surface area contributed by atoms with Crippen LogP contribution < -0.4 is 5.32 Å². The van der Waals surface area contributed by atoms with Gasteiger partial charge in [-0.2, -0.15) is 0 Å². The van der Waals surface area contributed by atoms with E-state index < -0.39 is 0 Å². The molecule has 0 heterocycles. The SMILES string of the molecule is Cc1cccc(C(C)(C)CCNCC(C)C)c1C. The smallest absolute Gasteiger partial charge is 0.00258 e. The molecule has 0 amide bonds. The molecule has 0 spiro atoms. The molecule has 102 valence electrons. The largest absolute Gasteiger partial charge is 0.316 e. The lowest BCUT2D eigenvalue weighted by atomic mass is 9.78. The molecule has 0 saturated heterocycles. The summed E-state index contributed by atoms with van der Waals surface area (Å²) in [7, 11) is 0. The summed E-state index contributed by atoms with van der Waals surface area (Å²) in [5.41, 5.74) is 4.59. The van der Waals surface area contributed by atoms with Crippen LogP contribution in [0.5, 0.6) is 0 Å². The van der Waals surface area contributed by atoms with Gasteiger partial charge in [-0.3, -0.25) is 0 Å². The lowest BCUT2D eigenvalue weighted by Gasteiger charge is -2.28. The highest BCUT2D eigenvalue weighted by atomic mass is 14.9.